The van der Waals surface area contributed by atoms with E-state index in [1.54, 1.807) is 0 Å². The first-order valence-corrected chi connectivity index (χ1v) is 6.11. The molecule has 1 unspecified atom stereocenters. The largest absolute Gasteiger partial charge is 0.523 e. The molecule has 0 radical (unpaired) electrons. The molecule has 1 aliphatic rings. The van der Waals surface area contributed by atoms with Crippen LogP contribution in [0.4, 0.5) is 22.0 Å². The van der Waals surface area contributed by atoms with Crippen molar-refractivity contribution in [3.05, 3.63) is 0 Å². The fourth-order valence-electron chi connectivity index (χ4n) is 1.70. The van der Waals surface area contributed by atoms with Crippen molar-refractivity contribution in [2.45, 2.75) is 37.6 Å². The topological polar surface area (TPSA) is 43.4 Å². The van der Waals surface area contributed by atoms with E-state index < -0.39 is 46.4 Å². The van der Waals surface area contributed by atoms with E-state index in [-0.39, 0.29) is 6.42 Å². The van der Waals surface area contributed by atoms with E-state index in [0.717, 1.165) is 0 Å². The SMILES string of the molecule is CC1(COS(=O)(=O)C(F)(F)F)CCC(F)(F)C1. The Kier molecular flexibility index (Phi) is 3.48. The third-order valence-electron chi connectivity index (χ3n) is 2.63. The summed E-state index contributed by atoms with van der Waals surface area (Å²) in [5, 5.41) is 0. The molecule has 17 heavy (non-hydrogen) atoms. The standard InChI is InChI=1S/C8H11F5O3S/c1-6(2-3-7(9,10)4-6)5-16-17(14,15)8(11,12)13/h2-5H2,1H3. The molecule has 1 saturated carbocycles. The Bertz CT molecular complexity index is 388. The second kappa shape index (κ2) is 4.04. The Morgan fingerprint density at radius 3 is 2.12 bits per heavy atom. The van der Waals surface area contributed by atoms with Crippen molar-refractivity contribution in [1.82, 2.24) is 0 Å². The van der Waals surface area contributed by atoms with Crippen LogP contribution < -0.4 is 0 Å². The summed E-state index contributed by atoms with van der Waals surface area (Å²) in [6.45, 7) is 0.393. The molecule has 0 aromatic rings. The van der Waals surface area contributed by atoms with Crippen LogP contribution >= 0.6 is 0 Å². The van der Waals surface area contributed by atoms with Gasteiger partial charge in [0.1, 0.15) is 0 Å². The zero-order valence-electron chi connectivity index (χ0n) is 8.85. The number of alkyl halides is 5. The van der Waals surface area contributed by atoms with Crippen molar-refractivity contribution >= 4 is 10.1 Å². The lowest BCUT2D eigenvalue weighted by atomic mass is 9.90. The normalized spacial score (nSPS) is 29.5. The summed E-state index contributed by atoms with van der Waals surface area (Å²) in [7, 11) is -5.71. The third-order valence-corrected chi connectivity index (χ3v) is 3.62. The predicted molar refractivity (Wildman–Crippen MR) is 47.8 cm³/mol. The summed E-state index contributed by atoms with van der Waals surface area (Å²) in [6, 6.07) is 0. The van der Waals surface area contributed by atoms with E-state index in [1.165, 1.54) is 6.92 Å². The minimum absolute atomic E-state index is 0.0760. The third kappa shape index (κ3) is 3.51. The van der Waals surface area contributed by atoms with Crippen LogP contribution in [0.15, 0.2) is 0 Å². The average molecular weight is 282 g/mol. The van der Waals surface area contributed by atoms with Gasteiger partial charge in [0.25, 0.3) is 0 Å². The zero-order valence-corrected chi connectivity index (χ0v) is 9.67. The molecule has 3 nitrogen and oxygen atoms in total. The van der Waals surface area contributed by atoms with Crippen LogP contribution in [0.25, 0.3) is 0 Å². The van der Waals surface area contributed by atoms with Gasteiger partial charge in [-0.3, -0.25) is 4.18 Å². The zero-order chi connectivity index (χ0) is 13.5. The summed E-state index contributed by atoms with van der Waals surface area (Å²) < 4.78 is 86.4. The summed E-state index contributed by atoms with van der Waals surface area (Å²) in [4.78, 5) is 0. The van der Waals surface area contributed by atoms with Crippen LogP contribution in [0.5, 0.6) is 0 Å². The van der Waals surface area contributed by atoms with E-state index in [9.17, 15) is 30.4 Å². The van der Waals surface area contributed by atoms with E-state index in [1.807, 2.05) is 0 Å². The van der Waals surface area contributed by atoms with Gasteiger partial charge in [-0.1, -0.05) is 6.92 Å². The van der Waals surface area contributed by atoms with Crippen LogP contribution in [0.2, 0.25) is 0 Å². The Labute approximate surface area is 95.1 Å². The molecule has 0 N–H and O–H groups in total. The molecule has 0 aliphatic heterocycles. The maximum Gasteiger partial charge on any atom is 0.523 e. The van der Waals surface area contributed by atoms with Crippen molar-refractivity contribution in [3.63, 3.8) is 0 Å². The van der Waals surface area contributed by atoms with Crippen LogP contribution in [-0.4, -0.2) is 26.5 Å². The molecule has 9 heteroatoms. The van der Waals surface area contributed by atoms with E-state index in [0.29, 0.717) is 0 Å². The van der Waals surface area contributed by atoms with Gasteiger partial charge in [0, 0.05) is 12.8 Å². The molecule has 102 valence electrons. The first-order chi connectivity index (χ1) is 7.37. The molecule has 1 aliphatic carbocycles. The molecule has 0 saturated heterocycles. The van der Waals surface area contributed by atoms with Crippen molar-refractivity contribution in [3.8, 4) is 0 Å². The molecule has 1 fully saturated rings. The Hall–Kier alpha value is -0.440. The number of hydrogen-bond acceptors (Lipinski definition) is 3. The Morgan fingerprint density at radius 1 is 1.24 bits per heavy atom. The summed E-state index contributed by atoms with van der Waals surface area (Å²) >= 11 is 0. The molecule has 0 aromatic carbocycles. The van der Waals surface area contributed by atoms with Gasteiger partial charge in [0.05, 0.1) is 6.61 Å². The molecule has 0 amide bonds. The van der Waals surface area contributed by atoms with Gasteiger partial charge < -0.3 is 0 Å². The maximum absolute atomic E-state index is 12.9. The lowest BCUT2D eigenvalue weighted by Gasteiger charge is -2.23. The smallest absolute Gasteiger partial charge is 0.263 e. The highest BCUT2D eigenvalue weighted by atomic mass is 32.2. The van der Waals surface area contributed by atoms with Crippen molar-refractivity contribution in [2.75, 3.05) is 6.61 Å². The van der Waals surface area contributed by atoms with Crippen LogP contribution in [0.3, 0.4) is 0 Å². The molecular weight excluding hydrogens is 271 g/mol. The van der Waals surface area contributed by atoms with Gasteiger partial charge in [-0.05, 0) is 11.8 Å². The summed E-state index contributed by atoms with van der Waals surface area (Å²) in [5.41, 5.74) is -6.77. The van der Waals surface area contributed by atoms with Crippen LogP contribution in [0.1, 0.15) is 26.2 Å². The van der Waals surface area contributed by atoms with Gasteiger partial charge in [0.15, 0.2) is 0 Å². The van der Waals surface area contributed by atoms with Crippen LogP contribution in [-0.2, 0) is 14.3 Å². The van der Waals surface area contributed by atoms with Crippen molar-refractivity contribution < 1.29 is 34.6 Å². The lowest BCUT2D eigenvalue weighted by molar-refractivity contribution is -0.0573. The number of halogens is 5. The summed E-state index contributed by atoms with van der Waals surface area (Å²) in [5.74, 6) is -2.97. The highest BCUT2D eigenvalue weighted by Crippen LogP contribution is 2.47. The molecule has 1 rings (SSSR count). The monoisotopic (exact) mass is 282 g/mol. The van der Waals surface area contributed by atoms with Gasteiger partial charge in [-0.25, -0.2) is 8.78 Å². The summed E-state index contributed by atoms with van der Waals surface area (Å²) in [6.07, 6.45) is -1.22. The second-order valence-electron chi connectivity index (χ2n) is 4.51. The number of rotatable bonds is 3. The van der Waals surface area contributed by atoms with Gasteiger partial charge in [0.2, 0.25) is 5.92 Å². The highest BCUT2D eigenvalue weighted by Gasteiger charge is 2.51. The second-order valence-corrected chi connectivity index (χ2v) is 6.11. The quantitative estimate of drug-likeness (QED) is 0.454. The van der Waals surface area contributed by atoms with E-state index in [2.05, 4.69) is 4.18 Å². The van der Waals surface area contributed by atoms with E-state index in [4.69, 9.17) is 0 Å². The van der Waals surface area contributed by atoms with Crippen molar-refractivity contribution in [1.29, 1.82) is 0 Å². The molecule has 1 atom stereocenters. The van der Waals surface area contributed by atoms with Gasteiger partial charge in [-0.2, -0.15) is 21.6 Å². The average Bonchev–Trinajstić information content (AvgIpc) is 2.37. The minimum atomic E-state index is -5.71. The van der Waals surface area contributed by atoms with Crippen LogP contribution in [0, 0.1) is 5.41 Å². The maximum atomic E-state index is 12.9. The molecule has 0 spiro atoms. The Balaban J connectivity index is 2.64. The van der Waals surface area contributed by atoms with Gasteiger partial charge in [-0.15, -0.1) is 0 Å². The predicted octanol–water partition coefficient (Wildman–Crippen LogP) is 2.68. The molecular formula is C8H11F5O3S. The van der Waals surface area contributed by atoms with Gasteiger partial charge >= 0.3 is 15.6 Å². The minimum Gasteiger partial charge on any atom is -0.263 e. The van der Waals surface area contributed by atoms with E-state index >= 15 is 0 Å². The lowest BCUT2D eigenvalue weighted by Crippen LogP contribution is -2.31. The highest BCUT2D eigenvalue weighted by molar-refractivity contribution is 7.87. The molecule has 0 bridgehead atoms. The first kappa shape index (κ1) is 14.6. The Morgan fingerprint density at radius 2 is 1.76 bits per heavy atom. The number of hydrogen-bond donors (Lipinski definition) is 0. The molecule has 0 aromatic heterocycles. The fraction of sp³-hybridized carbons (Fsp3) is 1.00. The molecule has 0 heterocycles. The van der Waals surface area contributed by atoms with Crippen molar-refractivity contribution in [2.24, 2.45) is 5.41 Å². The first-order valence-electron chi connectivity index (χ1n) is 4.71. The fourth-order valence-corrected chi connectivity index (χ4v) is 2.27.